The third kappa shape index (κ3) is 2.76. The zero-order valence-electron chi connectivity index (χ0n) is 12.0. The Labute approximate surface area is 111 Å². The molecule has 2 unspecified atom stereocenters. The van der Waals surface area contributed by atoms with Crippen molar-refractivity contribution in [1.29, 1.82) is 0 Å². The predicted molar refractivity (Wildman–Crippen MR) is 75.8 cm³/mol. The molecule has 1 N–H and O–H groups in total. The predicted octanol–water partition coefficient (Wildman–Crippen LogP) is 3.32. The molecule has 0 aromatic heterocycles. The van der Waals surface area contributed by atoms with Crippen molar-refractivity contribution in [2.45, 2.75) is 46.3 Å². The summed E-state index contributed by atoms with van der Waals surface area (Å²) in [5.41, 5.74) is 3.24. The summed E-state index contributed by atoms with van der Waals surface area (Å²) in [6.45, 7) is 10.6. The first-order valence-electron chi connectivity index (χ1n) is 6.97. The van der Waals surface area contributed by atoms with Crippen LogP contribution in [0.1, 0.15) is 44.9 Å². The normalized spacial score (nSPS) is 22.8. The number of ether oxygens (including phenoxy) is 1. The van der Waals surface area contributed by atoms with E-state index >= 15 is 0 Å². The molecule has 0 saturated heterocycles. The van der Waals surface area contributed by atoms with Crippen molar-refractivity contribution in [3.8, 4) is 0 Å². The van der Waals surface area contributed by atoms with Gasteiger partial charge in [-0.3, -0.25) is 0 Å². The van der Waals surface area contributed by atoms with E-state index in [4.69, 9.17) is 4.74 Å². The summed E-state index contributed by atoms with van der Waals surface area (Å²) < 4.78 is 5.60. The molecule has 0 heterocycles. The minimum absolute atomic E-state index is 0.276. The van der Waals surface area contributed by atoms with E-state index in [2.05, 4.69) is 50.4 Å². The van der Waals surface area contributed by atoms with Crippen LogP contribution < -0.4 is 5.32 Å². The third-order valence-corrected chi connectivity index (χ3v) is 3.85. The van der Waals surface area contributed by atoms with Gasteiger partial charge in [0.05, 0.1) is 6.10 Å². The van der Waals surface area contributed by atoms with Crippen LogP contribution in [0.25, 0.3) is 0 Å². The van der Waals surface area contributed by atoms with Crippen LogP contribution in [-0.4, -0.2) is 19.3 Å². The van der Waals surface area contributed by atoms with E-state index in [-0.39, 0.29) is 11.5 Å². The molecule has 100 valence electrons. The maximum atomic E-state index is 5.60. The average molecular weight is 247 g/mol. The van der Waals surface area contributed by atoms with Gasteiger partial charge in [-0.05, 0) is 36.8 Å². The van der Waals surface area contributed by atoms with E-state index < -0.39 is 0 Å². The van der Waals surface area contributed by atoms with Gasteiger partial charge < -0.3 is 10.1 Å². The number of benzene rings is 1. The van der Waals surface area contributed by atoms with Gasteiger partial charge in [-0.25, -0.2) is 0 Å². The van der Waals surface area contributed by atoms with Crippen LogP contribution in [0, 0.1) is 5.41 Å². The Bertz CT molecular complexity index is 400. The molecule has 0 bridgehead atoms. The highest BCUT2D eigenvalue weighted by molar-refractivity contribution is 5.37. The van der Waals surface area contributed by atoms with Crippen molar-refractivity contribution in [2.75, 3.05) is 13.2 Å². The zero-order chi connectivity index (χ0) is 13.2. The van der Waals surface area contributed by atoms with Crippen LogP contribution in [0.15, 0.2) is 24.3 Å². The van der Waals surface area contributed by atoms with Crippen LogP contribution in [0.4, 0.5) is 0 Å². The summed E-state index contributed by atoms with van der Waals surface area (Å²) in [7, 11) is 0. The first kappa shape index (κ1) is 13.6. The topological polar surface area (TPSA) is 21.3 Å². The summed E-state index contributed by atoms with van der Waals surface area (Å²) in [5, 5.41) is 3.69. The molecule has 1 aromatic carbocycles. The molecule has 1 aromatic rings. The van der Waals surface area contributed by atoms with Crippen molar-refractivity contribution in [3.05, 3.63) is 35.4 Å². The van der Waals surface area contributed by atoms with Gasteiger partial charge in [-0.15, -0.1) is 0 Å². The second kappa shape index (κ2) is 5.41. The fourth-order valence-corrected chi connectivity index (χ4v) is 3.00. The second-order valence-corrected chi connectivity index (χ2v) is 5.97. The van der Waals surface area contributed by atoms with Gasteiger partial charge in [0.15, 0.2) is 0 Å². The molecule has 0 aliphatic heterocycles. The Kier molecular flexibility index (Phi) is 4.08. The van der Waals surface area contributed by atoms with Gasteiger partial charge in [0.25, 0.3) is 0 Å². The highest BCUT2D eigenvalue weighted by Gasteiger charge is 2.38. The molecule has 0 spiro atoms. The molecule has 1 aliphatic rings. The van der Waals surface area contributed by atoms with E-state index in [1.807, 2.05) is 6.92 Å². The number of rotatable bonds is 5. The summed E-state index contributed by atoms with van der Waals surface area (Å²) >= 11 is 0. The fraction of sp³-hybridized carbons (Fsp3) is 0.625. The van der Waals surface area contributed by atoms with E-state index in [9.17, 15) is 0 Å². The SMILES string of the molecule is CCOC(C)CNC1c2ccccc2CC1(C)C. The van der Waals surface area contributed by atoms with Gasteiger partial charge in [0.1, 0.15) is 0 Å². The maximum Gasteiger partial charge on any atom is 0.0671 e. The number of nitrogens with one attached hydrogen (secondary N) is 1. The molecule has 0 amide bonds. The van der Waals surface area contributed by atoms with Crippen molar-refractivity contribution >= 4 is 0 Å². The quantitative estimate of drug-likeness (QED) is 0.862. The van der Waals surface area contributed by atoms with E-state index in [0.717, 1.165) is 19.6 Å². The van der Waals surface area contributed by atoms with Crippen LogP contribution >= 0.6 is 0 Å². The van der Waals surface area contributed by atoms with E-state index in [0.29, 0.717) is 6.04 Å². The highest BCUT2D eigenvalue weighted by atomic mass is 16.5. The Balaban J connectivity index is 2.06. The van der Waals surface area contributed by atoms with E-state index in [1.165, 1.54) is 11.1 Å². The Morgan fingerprint density at radius 1 is 1.39 bits per heavy atom. The number of hydrogen-bond donors (Lipinski definition) is 1. The average Bonchev–Trinajstić information content (AvgIpc) is 2.56. The van der Waals surface area contributed by atoms with Crippen LogP contribution in [0.3, 0.4) is 0 Å². The molecule has 2 atom stereocenters. The molecule has 2 heteroatoms. The van der Waals surface area contributed by atoms with Gasteiger partial charge in [-0.1, -0.05) is 38.1 Å². The lowest BCUT2D eigenvalue weighted by Crippen LogP contribution is -2.36. The molecular weight excluding hydrogens is 222 g/mol. The van der Waals surface area contributed by atoms with Gasteiger partial charge in [-0.2, -0.15) is 0 Å². The summed E-state index contributed by atoms with van der Waals surface area (Å²) in [6, 6.07) is 9.23. The molecule has 1 aliphatic carbocycles. The third-order valence-electron chi connectivity index (χ3n) is 3.85. The monoisotopic (exact) mass is 247 g/mol. The van der Waals surface area contributed by atoms with Crippen molar-refractivity contribution < 1.29 is 4.74 Å². The first-order chi connectivity index (χ1) is 8.54. The largest absolute Gasteiger partial charge is 0.377 e. The summed E-state index contributed by atoms with van der Waals surface area (Å²) in [5.74, 6) is 0. The Morgan fingerprint density at radius 2 is 2.11 bits per heavy atom. The Hall–Kier alpha value is -0.860. The van der Waals surface area contributed by atoms with Crippen LogP contribution in [0.2, 0.25) is 0 Å². The summed E-state index contributed by atoms with van der Waals surface area (Å²) in [4.78, 5) is 0. The molecule has 18 heavy (non-hydrogen) atoms. The molecule has 2 rings (SSSR count). The zero-order valence-corrected chi connectivity index (χ0v) is 12.0. The lowest BCUT2D eigenvalue weighted by Gasteiger charge is -2.29. The van der Waals surface area contributed by atoms with Crippen molar-refractivity contribution in [2.24, 2.45) is 5.41 Å². The molecule has 0 fully saturated rings. The first-order valence-corrected chi connectivity index (χ1v) is 6.97. The lowest BCUT2D eigenvalue weighted by atomic mass is 9.85. The highest BCUT2D eigenvalue weighted by Crippen LogP contribution is 2.44. The van der Waals surface area contributed by atoms with Gasteiger partial charge >= 0.3 is 0 Å². The number of fused-ring (bicyclic) bond motifs is 1. The van der Waals surface area contributed by atoms with Crippen molar-refractivity contribution in [3.63, 3.8) is 0 Å². The standard InChI is InChI=1S/C16H25NO/c1-5-18-12(2)11-17-15-14-9-7-6-8-13(14)10-16(15,3)4/h6-9,12,15,17H,5,10-11H2,1-4H3. The summed E-state index contributed by atoms with van der Waals surface area (Å²) in [6.07, 6.45) is 1.43. The minimum atomic E-state index is 0.276. The van der Waals surface area contributed by atoms with Gasteiger partial charge in [0.2, 0.25) is 0 Å². The number of hydrogen-bond acceptors (Lipinski definition) is 2. The minimum Gasteiger partial charge on any atom is -0.377 e. The van der Waals surface area contributed by atoms with Crippen LogP contribution in [0.5, 0.6) is 0 Å². The fourth-order valence-electron chi connectivity index (χ4n) is 3.00. The molecular formula is C16H25NO. The van der Waals surface area contributed by atoms with Crippen LogP contribution in [-0.2, 0) is 11.2 Å². The lowest BCUT2D eigenvalue weighted by molar-refractivity contribution is 0.0699. The van der Waals surface area contributed by atoms with Crippen molar-refractivity contribution in [1.82, 2.24) is 5.32 Å². The van der Waals surface area contributed by atoms with E-state index in [1.54, 1.807) is 0 Å². The Morgan fingerprint density at radius 3 is 2.83 bits per heavy atom. The smallest absolute Gasteiger partial charge is 0.0671 e. The molecule has 2 nitrogen and oxygen atoms in total. The maximum absolute atomic E-state index is 5.60. The molecule has 0 saturated carbocycles. The second-order valence-electron chi connectivity index (χ2n) is 5.97. The van der Waals surface area contributed by atoms with Gasteiger partial charge in [0, 0.05) is 19.2 Å². The molecule has 0 radical (unpaired) electrons.